The van der Waals surface area contributed by atoms with Crippen molar-refractivity contribution in [3.63, 3.8) is 0 Å². The van der Waals surface area contributed by atoms with Crippen LogP contribution in [0.5, 0.6) is 11.5 Å². The summed E-state index contributed by atoms with van der Waals surface area (Å²) in [6.07, 6.45) is 1.72. The third-order valence-corrected chi connectivity index (χ3v) is 4.00. The fourth-order valence-corrected chi connectivity index (χ4v) is 2.70. The van der Waals surface area contributed by atoms with Crippen molar-refractivity contribution >= 4 is 22.8 Å². The van der Waals surface area contributed by atoms with E-state index >= 15 is 0 Å². The SMILES string of the molecule is CCOc1ccc(OC)cc1CNc1nc(NCCO)nc2c1cnn2C. The molecule has 3 N–H and O–H groups in total. The summed E-state index contributed by atoms with van der Waals surface area (Å²) in [5.74, 6) is 2.63. The molecule has 2 aromatic heterocycles. The lowest BCUT2D eigenvalue weighted by Crippen LogP contribution is -2.11. The van der Waals surface area contributed by atoms with Crippen LogP contribution in [0.2, 0.25) is 0 Å². The van der Waals surface area contributed by atoms with Crippen molar-refractivity contribution in [3.05, 3.63) is 30.0 Å². The summed E-state index contributed by atoms with van der Waals surface area (Å²) in [4.78, 5) is 8.96. The number of aliphatic hydroxyl groups is 1. The number of nitrogens with one attached hydrogen (secondary N) is 2. The Balaban J connectivity index is 1.90. The second-order valence-corrected chi connectivity index (χ2v) is 5.81. The van der Waals surface area contributed by atoms with Crippen molar-refractivity contribution in [2.75, 3.05) is 37.5 Å². The van der Waals surface area contributed by atoms with Crippen molar-refractivity contribution in [2.45, 2.75) is 13.5 Å². The maximum absolute atomic E-state index is 9.03. The van der Waals surface area contributed by atoms with Crippen molar-refractivity contribution in [2.24, 2.45) is 7.05 Å². The van der Waals surface area contributed by atoms with Gasteiger partial charge in [-0.1, -0.05) is 0 Å². The fraction of sp³-hybridized carbons (Fsp3) is 0.389. The fourth-order valence-electron chi connectivity index (χ4n) is 2.70. The van der Waals surface area contributed by atoms with E-state index in [2.05, 4.69) is 25.7 Å². The number of aromatic nitrogens is 4. The molecule has 1 aromatic carbocycles. The maximum Gasteiger partial charge on any atom is 0.226 e. The van der Waals surface area contributed by atoms with E-state index in [1.165, 1.54) is 0 Å². The van der Waals surface area contributed by atoms with Crippen LogP contribution in [0.1, 0.15) is 12.5 Å². The molecule has 0 aliphatic heterocycles. The van der Waals surface area contributed by atoms with E-state index in [0.29, 0.717) is 37.1 Å². The van der Waals surface area contributed by atoms with E-state index in [-0.39, 0.29) is 6.61 Å². The number of rotatable bonds is 9. The van der Waals surface area contributed by atoms with Gasteiger partial charge in [-0.15, -0.1) is 0 Å². The van der Waals surface area contributed by atoms with E-state index in [1.54, 1.807) is 18.0 Å². The first kappa shape index (κ1) is 18.7. The minimum Gasteiger partial charge on any atom is -0.497 e. The smallest absolute Gasteiger partial charge is 0.226 e. The van der Waals surface area contributed by atoms with Crippen LogP contribution in [0.4, 0.5) is 11.8 Å². The lowest BCUT2D eigenvalue weighted by molar-refractivity contribution is 0.311. The predicted octanol–water partition coefficient (Wildman–Crippen LogP) is 1.79. The molecule has 0 radical (unpaired) electrons. The van der Waals surface area contributed by atoms with Gasteiger partial charge in [0.2, 0.25) is 5.95 Å². The molecule has 27 heavy (non-hydrogen) atoms. The monoisotopic (exact) mass is 372 g/mol. The molecule has 0 saturated carbocycles. The lowest BCUT2D eigenvalue weighted by Gasteiger charge is -2.14. The summed E-state index contributed by atoms with van der Waals surface area (Å²) in [5.41, 5.74) is 1.65. The van der Waals surface area contributed by atoms with Crippen LogP contribution in [0.3, 0.4) is 0 Å². The molecule has 3 aromatic rings. The van der Waals surface area contributed by atoms with Gasteiger partial charge < -0.3 is 25.2 Å². The van der Waals surface area contributed by atoms with E-state index in [9.17, 15) is 0 Å². The molecular formula is C18H24N6O3. The van der Waals surface area contributed by atoms with E-state index in [0.717, 1.165) is 22.4 Å². The molecule has 0 atom stereocenters. The molecule has 144 valence electrons. The minimum atomic E-state index is -0.00290. The average molecular weight is 372 g/mol. The number of fused-ring (bicyclic) bond motifs is 1. The standard InChI is InChI=1S/C18H24N6O3/c1-4-27-15-6-5-13(26-3)9-12(15)10-20-16-14-11-21-24(2)17(14)23-18(22-16)19-7-8-25/h5-6,9,11,25H,4,7-8,10H2,1-3H3,(H2,19,20,22,23). The van der Waals surface area contributed by atoms with Crippen LogP contribution in [0.15, 0.2) is 24.4 Å². The van der Waals surface area contributed by atoms with Gasteiger partial charge in [0.05, 0.1) is 31.9 Å². The Labute approximate surface area is 157 Å². The number of anilines is 2. The molecule has 0 fully saturated rings. The van der Waals surface area contributed by atoms with Crippen LogP contribution >= 0.6 is 0 Å². The molecule has 0 bridgehead atoms. The number of aryl methyl sites for hydroxylation is 1. The van der Waals surface area contributed by atoms with Gasteiger partial charge >= 0.3 is 0 Å². The Morgan fingerprint density at radius 3 is 2.81 bits per heavy atom. The van der Waals surface area contributed by atoms with Crippen LogP contribution in [0.25, 0.3) is 11.0 Å². The molecule has 9 nitrogen and oxygen atoms in total. The van der Waals surface area contributed by atoms with Crippen LogP contribution in [-0.4, -0.2) is 51.7 Å². The van der Waals surface area contributed by atoms with Crippen LogP contribution in [-0.2, 0) is 13.6 Å². The molecule has 9 heteroatoms. The largest absolute Gasteiger partial charge is 0.497 e. The summed E-state index contributed by atoms with van der Waals surface area (Å²) in [5, 5.41) is 20.4. The second-order valence-electron chi connectivity index (χ2n) is 5.81. The number of hydrogen-bond donors (Lipinski definition) is 3. The number of aliphatic hydroxyl groups excluding tert-OH is 1. The Morgan fingerprint density at radius 1 is 1.22 bits per heavy atom. The van der Waals surface area contributed by atoms with Gasteiger partial charge in [0.1, 0.15) is 17.3 Å². The number of benzene rings is 1. The Morgan fingerprint density at radius 2 is 2.07 bits per heavy atom. The quantitative estimate of drug-likeness (QED) is 0.522. The zero-order chi connectivity index (χ0) is 19.2. The van der Waals surface area contributed by atoms with Gasteiger partial charge in [-0.2, -0.15) is 15.1 Å². The second kappa shape index (κ2) is 8.54. The van der Waals surface area contributed by atoms with Gasteiger partial charge in [-0.3, -0.25) is 4.68 Å². The van der Waals surface area contributed by atoms with E-state index < -0.39 is 0 Å². The van der Waals surface area contributed by atoms with Crippen molar-refractivity contribution in [1.82, 2.24) is 19.7 Å². The first-order valence-electron chi connectivity index (χ1n) is 8.74. The highest BCUT2D eigenvalue weighted by Gasteiger charge is 2.13. The molecular weight excluding hydrogens is 348 g/mol. The Kier molecular flexibility index (Phi) is 5.92. The van der Waals surface area contributed by atoms with E-state index in [4.69, 9.17) is 14.6 Å². The molecule has 0 aliphatic rings. The highest BCUT2D eigenvalue weighted by molar-refractivity contribution is 5.87. The third kappa shape index (κ3) is 4.20. The molecule has 0 unspecified atom stereocenters. The van der Waals surface area contributed by atoms with Crippen LogP contribution in [0, 0.1) is 0 Å². The highest BCUT2D eigenvalue weighted by atomic mass is 16.5. The Hall–Kier alpha value is -3.07. The van der Waals surface area contributed by atoms with Gasteiger partial charge in [-0.25, -0.2) is 0 Å². The normalized spacial score (nSPS) is 10.8. The number of nitrogens with zero attached hydrogens (tertiary/aromatic N) is 4. The summed E-state index contributed by atoms with van der Waals surface area (Å²) in [6, 6.07) is 5.70. The van der Waals surface area contributed by atoms with Crippen LogP contribution < -0.4 is 20.1 Å². The van der Waals surface area contributed by atoms with Gasteiger partial charge in [0, 0.05) is 25.7 Å². The summed E-state index contributed by atoms with van der Waals surface area (Å²) < 4.78 is 12.7. The number of ether oxygens (including phenoxy) is 2. The molecule has 0 amide bonds. The molecule has 2 heterocycles. The predicted molar refractivity (Wildman–Crippen MR) is 103 cm³/mol. The maximum atomic E-state index is 9.03. The van der Waals surface area contributed by atoms with Gasteiger partial charge in [-0.05, 0) is 25.1 Å². The van der Waals surface area contributed by atoms with E-state index in [1.807, 2.05) is 32.2 Å². The lowest BCUT2D eigenvalue weighted by atomic mass is 10.2. The van der Waals surface area contributed by atoms with Crippen molar-refractivity contribution in [1.29, 1.82) is 0 Å². The van der Waals surface area contributed by atoms with Gasteiger partial charge in [0.25, 0.3) is 0 Å². The first-order chi connectivity index (χ1) is 13.2. The van der Waals surface area contributed by atoms with Gasteiger partial charge in [0.15, 0.2) is 5.65 Å². The summed E-state index contributed by atoms with van der Waals surface area (Å²) in [6.45, 7) is 3.39. The molecule has 3 rings (SSSR count). The zero-order valence-electron chi connectivity index (χ0n) is 15.7. The first-order valence-corrected chi connectivity index (χ1v) is 8.74. The number of methoxy groups -OCH3 is 1. The average Bonchev–Trinajstić information content (AvgIpc) is 3.06. The third-order valence-electron chi connectivity index (χ3n) is 4.00. The minimum absolute atomic E-state index is 0.00290. The zero-order valence-corrected chi connectivity index (χ0v) is 15.7. The topological polar surface area (TPSA) is 106 Å². The molecule has 0 spiro atoms. The highest BCUT2D eigenvalue weighted by Crippen LogP contribution is 2.27. The molecule has 0 aliphatic carbocycles. The molecule has 0 saturated heterocycles. The Bertz CT molecular complexity index is 911. The van der Waals surface area contributed by atoms with Crippen molar-refractivity contribution in [3.8, 4) is 11.5 Å². The number of hydrogen-bond acceptors (Lipinski definition) is 8. The van der Waals surface area contributed by atoms with Crippen molar-refractivity contribution < 1.29 is 14.6 Å². The summed E-state index contributed by atoms with van der Waals surface area (Å²) in [7, 11) is 3.46. The summed E-state index contributed by atoms with van der Waals surface area (Å²) >= 11 is 0.